The highest BCUT2D eigenvalue weighted by Crippen LogP contribution is 2.43. The predicted molar refractivity (Wildman–Crippen MR) is 231 cm³/mol. The Labute approximate surface area is 353 Å². The standard InChI is InChI=1S/C29H28F2N4O2.C18H21N3O3/c1-16(2)21-10-20(11-23-25(29(37)32-3)14-34-27(21)23)35-8-4-5-17-9-22(24(28(30)31)12-26(17)35)18-6-7-19(15-36)33-13-18;1-19-10-4-7-13-6-3-8-14-15(13)12-21(18(14)24)16(9-5-11-22)17(23)20-2/h6-7,9-16,28,34H,4-5,8H2,1-3H3,(H,32,37);3,6,8,11,16,19H,5,9-10,12H2,1-2H3,(H,20,23). The molecular weight excluding hydrogens is 781 g/mol. The van der Waals surface area contributed by atoms with Crippen LogP contribution in [0.4, 0.5) is 20.2 Å². The minimum absolute atomic E-state index is 0.0795. The lowest BCUT2D eigenvalue weighted by molar-refractivity contribution is -0.125. The average molecular weight is 830 g/mol. The van der Waals surface area contributed by atoms with Crippen molar-refractivity contribution in [3.05, 3.63) is 112 Å². The molecule has 1 atom stereocenters. The number of aromatic nitrogens is 2. The number of nitrogens with zero attached hydrogens (tertiary/aromatic N) is 3. The molecule has 14 heteroatoms. The molecule has 3 aromatic carbocycles. The van der Waals surface area contributed by atoms with Crippen molar-refractivity contribution in [2.24, 2.45) is 0 Å². The molecule has 4 N–H and O–H groups in total. The summed E-state index contributed by atoms with van der Waals surface area (Å²) in [5, 5.41) is 9.02. The molecule has 0 saturated heterocycles. The lowest BCUT2D eigenvalue weighted by atomic mass is 9.91. The van der Waals surface area contributed by atoms with Crippen LogP contribution >= 0.6 is 0 Å². The summed E-state index contributed by atoms with van der Waals surface area (Å²) < 4.78 is 28.7. The van der Waals surface area contributed by atoms with Crippen LogP contribution in [0.3, 0.4) is 0 Å². The first-order chi connectivity index (χ1) is 29.4. The average Bonchev–Trinajstić information content (AvgIpc) is 3.86. The van der Waals surface area contributed by atoms with Crippen LogP contribution in [0.1, 0.15) is 104 Å². The van der Waals surface area contributed by atoms with Gasteiger partial charge in [-0.15, -0.1) is 0 Å². The smallest absolute Gasteiger partial charge is 0.264 e. The van der Waals surface area contributed by atoms with E-state index in [1.54, 1.807) is 37.5 Å². The van der Waals surface area contributed by atoms with Gasteiger partial charge in [-0.1, -0.05) is 37.8 Å². The van der Waals surface area contributed by atoms with Gasteiger partial charge in [0.05, 0.1) is 12.1 Å². The molecule has 2 aromatic heterocycles. The van der Waals surface area contributed by atoms with E-state index in [1.165, 1.54) is 24.2 Å². The molecule has 4 heterocycles. The van der Waals surface area contributed by atoms with Gasteiger partial charge in [-0.05, 0) is 96.9 Å². The Balaban J connectivity index is 0.000000225. The molecule has 5 aromatic rings. The number of nitrogens with one attached hydrogen (secondary N) is 4. The number of alkyl halides is 2. The Hall–Kier alpha value is -6.72. The maximum Gasteiger partial charge on any atom is 0.264 e. The summed E-state index contributed by atoms with van der Waals surface area (Å²) in [7, 11) is 4.94. The number of benzene rings is 3. The molecule has 0 radical (unpaired) electrons. The number of carbonyl (C=O) groups excluding carboxylic acids is 5. The third-order valence-electron chi connectivity index (χ3n) is 11.0. The fourth-order valence-corrected chi connectivity index (χ4v) is 7.93. The van der Waals surface area contributed by atoms with Crippen molar-refractivity contribution in [1.29, 1.82) is 0 Å². The van der Waals surface area contributed by atoms with Gasteiger partial charge in [0.15, 0.2) is 6.29 Å². The van der Waals surface area contributed by atoms with Crippen molar-refractivity contribution in [2.75, 3.05) is 39.1 Å². The summed E-state index contributed by atoms with van der Waals surface area (Å²) >= 11 is 0. The van der Waals surface area contributed by atoms with E-state index < -0.39 is 12.5 Å². The minimum atomic E-state index is -2.69. The summed E-state index contributed by atoms with van der Waals surface area (Å²) in [6, 6.07) is 15.4. The maximum absolute atomic E-state index is 14.3. The lowest BCUT2D eigenvalue weighted by Crippen LogP contribution is -2.46. The highest BCUT2D eigenvalue weighted by Gasteiger charge is 2.36. The van der Waals surface area contributed by atoms with Gasteiger partial charge in [-0.3, -0.25) is 24.2 Å². The van der Waals surface area contributed by atoms with E-state index in [4.69, 9.17) is 0 Å². The highest BCUT2D eigenvalue weighted by atomic mass is 19.3. The number of H-pyrrole nitrogens is 1. The van der Waals surface area contributed by atoms with Gasteiger partial charge in [0.25, 0.3) is 18.2 Å². The number of aromatic amines is 1. The summed E-state index contributed by atoms with van der Waals surface area (Å²) in [6.07, 6.45) is 4.04. The molecule has 0 spiro atoms. The number of hydrogen-bond acceptors (Lipinski definition) is 8. The molecule has 12 nitrogen and oxygen atoms in total. The van der Waals surface area contributed by atoms with Gasteiger partial charge in [0.2, 0.25) is 5.91 Å². The molecule has 316 valence electrons. The molecule has 0 fully saturated rings. The monoisotopic (exact) mass is 829 g/mol. The van der Waals surface area contributed by atoms with Crippen LogP contribution in [-0.4, -0.2) is 85.4 Å². The number of carbonyl (C=O) groups is 5. The Bertz CT molecular complexity index is 2520. The van der Waals surface area contributed by atoms with Crippen molar-refractivity contribution >= 4 is 52.6 Å². The largest absolute Gasteiger partial charge is 0.360 e. The zero-order chi connectivity index (χ0) is 43.8. The molecule has 2 aliphatic rings. The zero-order valence-electron chi connectivity index (χ0n) is 34.8. The molecular formula is C47H49F2N7O5. The van der Waals surface area contributed by atoms with Gasteiger partial charge < -0.3 is 35.5 Å². The van der Waals surface area contributed by atoms with Crippen LogP contribution < -0.4 is 20.9 Å². The highest BCUT2D eigenvalue weighted by molar-refractivity contribution is 6.08. The van der Waals surface area contributed by atoms with Crippen LogP contribution in [0.15, 0.2) is 67.0 Å². The molecule has 0 saturated carbocycles. The number of halogens is 2. The molecule has 7 rings (SSSR count). The van der Waals surface area contributed by atoms with E-state index >= 15 is 0 Å². The van der Waals surface area contributed by atoms with Gasteiger partial charge >= 0.3 is 0 Å². The van der Waals surface area contributed by atoms with E-state index in [0.717, 1.165) is 63.7 Å². The quantitative estimate of drug-likeness (QED) is 0.0786. The summed E-state index contributed by atoms with van der Waals surface area (Å²) in [4.78, 5) is 70.0. The molecule has 0 aliphatic carbocycles. The molecule has 3 amide bonds. The second-order valence-corrected chi connectivity index (χ2v) is 15.1. The summed E-state index contributed by atoms with van der Waals surface area (Å²) in [5.41, 5.74) is 8.45. The second kappa shape index (κ2) is 19.6. The maximum atomic E-state index is 14.3. The topological polar surface area (TPSA) is 157 Å². The normalized spacial score (nSPS) is 13.5. The summed E-state index contributed by atoms with van der Waals surface area (Å²) in [5.74, 6) is 5.60. The predicted octanol–water partition coefficient (Wildman–Crippen LogP) is 6.85. The van der Waals surface area contributed by atoms with E-state index in [-0.39, 0.29) is 41.3 Å². The summed E-state index contributed by atoms with van der Waals surface area (Å²) in [6.45, 7) is 5.74. The van der Waals surface area contributed by atoms with Crippen LogP contribution in [0.5, 0.6) is 0 Å². The Morgan fingerprint density at radius 3 is 2.46 bits per heavy atom. The number of aryl methyl sites for hydroxylation is 1. The van der Waals surface area contributed by atoms with Crippen LogP contribution in [0, 0.1) is 11.8 Å². The van der Waals surface area contributed by atoms with E-state index in [0.29, 0.717) is 54.6 Å². The van der Waals surface area contributed by atoms with Gasteiger partial charge in [0, 0.05) is 90.5 Å². The number of amides is 3. The SMILES string of the molecule is CNC(=O)c1c[nH]c2c(C(C)C)cc(N3CCCc4cc(-c5ccc(C=O)nc5)c(C(F)F)cc43)cc12.CNCC#Cc1cccc2c1CN(C(CCC=O)C(=O)NC)C2=O. The van der Waals surface area contributed by atoms with E-state index in [1.807, 2.05) is 25.2 Å². The fourth-order valence-electron chi connectivity index (χ4n) is 7.93. The van der Waals surface area contributed by atoms with Crippen molar-refractivity contribution in [3.8, 4) is 23.0 Å². The fraction of sp³-hybridized carbons (Fsp3) is 0.319. The Morgan fingerprint density at radius 1 is 1.00 bits per heavy atom. The van der Waals surface area contributed by atoms with Crippen molar-refractivity contribution < 1.29 is 32.8 Å². The first kappa shape index (κ1) is 43.8. The molecule has 0 bridgehead atoms. The van der Waals surface area contributed by atoms with Crippen LogP contribution in [0.25, 0.3) is 22.0 Å². The number of anilines is 2. The van der Waals surface area contributed by atoms with Crippen molar-refractivity contribution in [1.82, 2.24) is 30.8 Å². The number of aldehydes is 2. The Morgan fingerprint density at radius 2 is 1.80 bits per heavy atom. The number of rotatable bonds is 12. The lowest BCUT2D eigenvalue weighted by Gasteiger charge is -2.33. The third kappa shape index (κ3) is 9.22. The Kier molecular flexibility index (Phi) is 14.1. The number of hydrogen-bond donors (Lipinski definition) is 4. The second-order valence-electron chi connectivity index (χ2n) is 15.1. The molecule has 1 unspecified atom stereocenters. The van der Waals surface area contributed by atoms with E-state index in [9.17, 15) is 32.8 Å². The molecule has 61 heavy (non-hydrogen) atoms. The van der Waals surface area contributed by atoms with Gasteiger partial charge in [-0.25, -0.2) is 8.78 Å². The van der Waals surface area contributed by atoms with Crippen LogP contribution in [0.2, 0.25) is 0 Å². The van der Waals surface area contributed by atoms with E-state index in [2.05, 4.69) is 62.6 Å². The number of likely N-dealkylation sites (N-methyl/N-ethyl adjacent to an activating group) is 1. The number of fused-ring (bicyclic) bond motifs is 3. The molecule has 2 aliphatic heterocycles. The third-order valence-corrected chi connectivity index (χ3v) is 11.0. The zero-order valence-corrected chi connectivity index (χ0v) is 34.8. The minimum Gasteiger partial charge on any atom is -0.360 e. The van der Waals surface area contributed by atoms with Crippen molar-refractivity contribution in [2.45, 2.75) is 64.5 Å². The first-order valence-electron chi connectivity index (χ1n) is 20.2. The van der Waals surface area contributed by atoms with Gasteiger partial charge in [-0.2, -0.15) is 0 Å². The van der Waals surface area contributed by atoms with Gasteiger partial charge in [0.1, 0.15) is 18.0 Å². The van der Waals surface area contributed by atoms with Crippen LogP contribution in [-0.2, 0) is 22.6 Å². The number of pyridine rings is 1. The first-order valence-corrected chi connectivity index (χ1v) is 20.2. The van der Waals surface area contributed by atoms with Crippen molar-refractivity contribution in [3.63, 3.8) is 0 Å².